The molecule has 2 rings (SSSR count). The number of hydroxylamine groups is 2. The van der Waals surface area contributed by atoms with Crippen LogP contribution in [-0.4, -0.2) is 78.0 Å². The lowest BCUT2D eigenvalue weighted by Gasteiger charge is -2.38. The van der Waals surface area contributed by atoms with Crippen LogP contribution in [0.25, 0.3) is 0 Å². The Morgan fingerprint density at radius 3 is 2.44 bits per heavy atom. The van der Waals surface area contributed by atoms with Crippen molar-refractivity contribution in [2.75, 3.05) is 26.8 Å². The monoisotopic (exact) mass is 456 g/mol. The third-order valence-electron chi connectivity index (χ3n) is 6.95. The molecule has 1 unspecified atom stereocenters. The summed E-state index contributed by atoms with van der Waals surface area (Å²) in [5, 5.41) is 10.3. The van der Waals surface area contributed by atoms with Gasteiger partial charge in [-0.25, -0.2) is 9.86 Å². The van der Waals surface area contributed by atoms with E-state index < -0.39 is 45.9 Å². The zero-order chi connectivity index (χ0) is 24.1. The first-order valence-electron chi connectivity index (χ1n) is 11.3. The number of carbonyl (C=O) groups excluding carboxylic acids is 4. The Morgan fingerprint density at radius 1 is 1.28 bits per heavy atom. The number of primary amides is 1. The van der Waals surface area contributed by atoms with Gasteiger partial charge in [0.05, 0.1) is 25.6 Å². The van der Waals surface area contributed by atoms with Gasteiger partial charge < -0.3 is 15.2 Å². The van der Waals surface area contributed by atoms with E-state index in [0.29, 0.717) is 17.9 Å². The average molecular weight is 457 g/mol. The van der Waals surface area contributed by atoms with Gasteiger partial charge in [0.15, 0.2) is 6.04 Å². The van der Waals surface area contributed by atoms with Crippen LogP contribution in [0.4, 0.5) is 4.79 Å². The molecule has 1 saturated carbocycles. The van der Waals surface area contributed by atoms with Crippen LogP contribution >= 0.6 is 0 Å². The van der Waals surface area contributed by atoms with Gasteiger partial charge in [-0.05, 0) is 19.3 Å². The van der Waals surface area contributed by atoms with Crippen molar-refractivity contribution >= 4 is 24.3 Å². The second-order valence-electron chi connectivity index (χ2n) is 9.93. The molecule has 2 fully saturated rings. The molecule has 0 radical (unpaired) electrons. The standard InChI is InChI=1S/C22H37N3O7/c1-15(13-31-4)32-21(29)25(10-9-22(2,3)18(25)19(23)27)20(28)17(12-24(30)14-26)11-16-7-5-6-8-16/h14-18,30H,5-13H2,1-4H3,(H-,23,27)/p+1/t15-,17+,18+,25?/m0/s1. The summed E-state index contributed by atoms with van der Waals surface area (Å²) in [6.07, 6.45) is 3.56. The first-order valence-corrected chi connectivity index (χ1v) is 11.3. The zero-order valence-electron chi connectivity index (χ0n) is 19.6. The maximum absolute atomic E-state index is 14.1. The third-order valence-corrected chi connectivity index (χ3v) is 6.95. The molecule has 1 aliphatic heterocycles. The molecule has 182 valence electrons. The number of hydrogen-bond acceptors (Lipinski definition) is 7. The molecule has 3 N–H and O–H groups in total. The third kappa shape index (κ3) is 5.47. The van der Waals surface area contributed by atoms with Crippen LogP contribution < -0.4 is 5.73 Å². The van der Waals surface area contributed by atoms with E-state index >= 15 is 0 Å². The van der Waals surface area contributed by atoms with Gasteiger partial charge in [0.25, 0.3) is 5.91 Å². The fourth-order valence-electron chi connectivity index (χ4n) is 5.48. The molecular formula is C22H38N3O7+. The molecule has 0 bridgehead atoms. The number of quaternary nitrogens is 1. The predicted octanol–water partition coefficient (Wildman–Crippen LogP) is 1.83. The van der Waals surface area contributed by atoms with Gasteiger partial charge in [-0.15, -0.1) is 4.48 Å². The SMILES string of the molecule is COC[C@H](C)OC(=O)[N+]1(C(=O)[C@H](CC2CCCC2)CN(O)C=O)CCC(C)(C)[C@H]1C(N)=O. The number of nitrogens with two attached hydrogens (primary N) is 1. The van der Waals surface area contributed by atoms with E-state index in [0.717, 1.165) is 25.7 Å². The Hall–Kier alpha value is -2.04. The molecule has 0 aromatic carbocycles. The van der Waals surface area contributed by atoms with Crippen molar-refractivity contribution in [3.63, 3.8) is 0 Å². The topological polar surface area (TPSA) is 136 Å². The van der Waals surface area contributed by atoms with E-state index in [1.807, 2.05) is 0 Å². The van der Waals surface area contributed by atoms with Crippen LogP contribution in [-0.2, 0) is 23.9 Å². The number of methoxy groups -OCH3 is 1. The lowest BCUT2D eigenvalue weighted by molar-refractivity contribution is -0.791. The Labute approximate surface area is 189 Å². The normalized spacial score (nSPS) is 27.0. The lowest BCUT2D eigenvalue weighted by atomic mass is 9.83. The summed E-state index contributed by atoms with van der Waals surface area (Å²) in [6.45, 7) is 5.18. The minimum atomic E-state index is -1.12. The molecule has 1 aliphatic carbocycles. The van der Waals surface area contributed by atoms with Crippen LogP contribution in [0, 0.1) is 17.3 Å². The molecule has 2 aliphatic rings. The van der Waals surface area contributed by atoms with Gasteiger partial charge in [-0.1, -0.05) is 39.5 Å². The zero-order valence-corrected chi connectivity index (χ0v) is 19.6. The first-order chi connectivity index (χ1) is 15.0. The van der Waals surface area contributed by atoms with E-state index in [1.54, 1.807) is 20.8 Å². The van der Waals surface area contributed by atoms with Crippen molar-refractivity contribution < 1.29 is 38.3 Å². The smallest absolute Gasteiger partial charge is 0.414 e. The summed E-state index contributed by atoms with van der Waals surface area (Å²) < 4.78 is 9.74. The number of hydrogen-bond donors (Lipinski definition) is 2. The van der Waals surface area contributed by atoms with Crippen molar-refractivity contribution in [3.8, 4) is 0 Å². The van der Waals surface area contributed by atoms with Crippen molar-refractivity contribution in [3.05, 3.63) is 0 Å². The Bertz CT molecular complexity index is 708. The van der Waals surface area contributed by atoms with Crippen LogP contribution in [0.1, 0.15) is 59.3 Å². The largest absolute Gasteiger partial charge is 0.524 e. The minimum Gasteiger partial charge on any atom is -0.414 e. The van der Waals surface area contributed by atoms with Crippen LogP contribution in [0.3, 0.4) is 0 Å². The number of likely N-dealkylation sites (tertiary alicyclic amines) is 1. The summed E-state index contributed by atoms with van der Waals surface area (Å²) in [7, 11) is 1.47. The molecule has 0 spiro atoms. The van der Waals surface area contributed by atoms with Crippen LogP contribution in [0.5, 0.6) is 0 Å². The summed E-state index contributed by atoms with van der Waals surface area (Å²) in [5.41, 5.74) is 5.03. The highest BCUT2D eigenvalue weighted by molar-refractivity contribution is 5.90. The number of imide groups is 1. The second-order valence-corrected chi connectivity index (χ2v) is 9.93. The molecule has 4 amide bonds. The van der Waals surface area contributed by atoms with Gasteiger partial charge in [0.2, 0.25) is 6.41 Å². The molecule has 1 saturated heterocycles. The quantitative estimate of drug-likeness (QED) is 0.221. The van der Waals surface area contributed by atoms with Gasteiger partial charge in [-0.3, -0.25) is 14.8 Å². The number of nitrogens with zero attached hydrogens (tertiary/aromatic N) is 2. The number of rotatable bonds is 10. The first kappa shape index (κ1) is 26.2. The van der Waals surface area contributed by atoms with E-state index in [-0.39, 0.29) is 32.0 Å². The number of amides is 4. The van der Waals surface area contributed by atoms with E-state index in [9.17, 15) is 24.4 Å². The van der Waals surface area contributed by atoms with Crippen molar-refractivity contribution in [1.29, 1.82) is 0 Å². The summed E-state index contributed by atoms with van der Waals surface area (Å²) in [4.78, 5) is 51.3. The Morgan fingerprint density at radius 2 is 1.91 bits per heavy atom. The van der Waals surface area contributed by atoms with E-state index in [2.05, 4.69) is 0 Å². The van der Waals surface area contributed by atoms with Gasteiger partial charge in [-0.2, -0.15) is 4.79 Å². The number of carbonyl (C=O) groups is 4. The van der Waals surface area contributed by atoms with Crippen molar-refractivity contribution in [2.45, 2.75) is 71.4 Å². The van der Waals surface area contributed by atoms with Gasteiger partial charge in [0.1, 0.15) is 6.10 Å². The second kappa shape index (κ2) is 10.7. The molecule has 10 heteroatoms. The maximum atomic E-state index is 14.1. The summed E-state index contributed by atoms with van der Waals surface area (Å²) in [6, 6.07) is -1.12. The Balaban J connectivity index is 2.49. The molecule has 32 heavy (non-hydrogen) atoms. The average Bonchev–Trinajstić information content (AvgIpc) is 3.32. The molecule has 0 aromatic rings. The van der Waals surface area contributed by atoms with Crippen molar-refractivity contribution in [1.82, 2.24) is 5.06 Å². The van der Waals surface area contributed by atoms with Crippen LogP contribution in [0.15, 0.2) is 0 Å². The predicted molar refractivity (Wildman–Crippen MR) is 114 cm³/mol. The molecular weight excluding hydrogens is 418 g/mol. The lowest BCUT2D eigenvalue weighted by Crippen LogP contribution is -2.68. The fourth-order valence-corrected chi connectivity index (χ4v) is 5.48. The van der Waals surface area contributed by atoms with Gasteiger partial charge >= 0.3 is 12.0 Å². The Kier molecular flexibility index (Phi) is 8.78. The van der Waals surface area contributed by atoms with Gasteiger partial charge in [0, 0.05) is 18.9 Å². The maximum Gasteiger partial charge on any atom is 0.524 e. The summed E-state index contributed by atoms with van der Waals surface area (Å²) >= 11 is 0. The number of ether oxygens (including phenoxy) is 2. The van der Waals surface area contributed by atoms with Crippen molar-refractivity contribution in [2.24, 2.45) is 23.0 Å². The molecule has 10 nitrogen and oxygen atoms in total. The highest BCUT2D eigenvalue weighted by atomic mass is 16.6. The summed E-state index contributed by atoms with van der Waals surface area (Å²) in [5.74, 6) is -1.89. The fraction of sp³-hybridized carbons (Fsp3) is 0.818. The van der Waals surface area contributed by atoms with E-state index in [1.165, 1.54) is 7.11 Å². The minimum absolute atomic E-state index is 0.0612. The highest BCUT2D eigenvalue weighted by Crippen LogP contribution is 2.44. The molecule has 4 atom stereocenters. The highest BCUT2D eigenvalue weighted by Gasteiger charge is 2.66. The molecule has 0 aromatic heterocycles. The molecule has 1 heterocycles. The van der Waals surface area contributed by atoms with Crippen LogP contribution in [0.2, 0.25) is 0 Å². The van der Waals surface area contributed by atoms with E-state index in [4.69, 9.17) is 15.2 Å².